The van der Waals surface area contributed by atoms with E-state index in [0.29, 0.717) is 31.5 Å². The first-order valence-electron chi connectivity index (χ1n) is 11.1. The Morgan fingerprint density at radius 1 is 1.14 bits per heavy atom. The van der Waals surface area contributed by atoms with Gasteiger partial charge in [0.05, 0.1) is 16.1 Å². The van der Waals surface area contributed by atoms with Crippen molar-refractivity contribution in [3.63, 3.8) is 0 Å². The van der Waals surface area contributed by atoms with Crippen LogP contribution in [0, 0.1) is 5.41 Å². The number of nitrogens with zero attached hydrogens (tertiary/aromatic N) is 4. The molecule has 1 aliphatic heterocycles. The number of piperidine rings is 1. The van der Waals surface area contributed by atoms with Crippen molar-refractivity contribution in [3.8, 4) is 0 Å². The van der Waals surface area contributed by atoms with Crippen molar-refractivity contribution in [3.05, 3.63) is 52.8 Å². The van der Waals surface area contributed by atoms with Crippen molar-refractivity contribution in [1.29, 1.82) is 0 Å². The molecule has 0 saturated carbocycles. The Bertz CT molecular complexity index is 1410. The molecule has 1 atom stereocenters. The highest BCUT2D eigenvalue weighted by Crippen LogP contribution is 2.51. The Morgan fingerprint density at radius 3 is 2.57 bits per heavy atom. The molecule has 9 nitrogen and oxygen atoms in total. The summed E-state index contributed by atoms with van der Waals surface area (Å²) in [7, 11) is -3.28. The molecular weight excluding hydrogens is 506 g/mol. The number of hydrogen-bond acceptors (Lipinski definition) is 10. The highest BCUT2D eigenvalue weighted by molar-refractivity contribution is 7.99. The number of aromatic nitrogens is 3. The van der Waals surface area contributed by atoms with Gasteiger partial charge in [-0.15, -0.1) is 0 Å². The van der Waals surface area contributed by atoms with E-state index in [-0.39, 0.29) is 17.3 Å². The molecule has 2 aromatic heterocycles. The molecule has 1 fully saturated rings. The van der Waals surface area contributed by atoms with E-state index in [1.807, 2.05) is 6.07 Å². The minimum Gasteiger partial charge on any atom is -0.382 e. The largest absolute Gasteiger partial charge is 0.382 e. The average Bonchev–Trinajstić information content (AvgIpc) is 3.08. The summed E-state index contributed by atoms with van der Waals surface area (Å²) in [5.41, 5.74) is 20.7. The number of nitrogens with two attached hydrogens (primary N) is 3. The summed E-state index contributed by atoms with van der Waals surface area (Å²) in [5.74, 6) is 1.28. The predicted molar refractivity (Wildman–Crippen MR) is 138 cm³/mol. The highest BCUT2D eigenvalue weighted by atomic mass is 35.5. The zero-order valence-electron chi connectivity index (χ0n) is 19.1. The molecule has 35 heavy (non-hydrogen) atoms. The second-order valence-corrected chi connectivity index (χ2v) is 12.6. The van der Waals surface area contributed by atoms with Crippen LogP contribution in [-0.2, 0) is 16.3 Å². The van der Waals surface area contributed by atoms with Crippen molar-refractivity contribution < 1.29 is 8.42 Å². The molecule has 1 aliphatic carbocycles. The fraction of sp³-hybridized carbons (Fsp3) is 0.348. The number of rotatable bonds is 4. The number of pyridine rings is 1. The molecular formula is C23H26ClN7O2S2. The molecule has 0 amide bonds. The molecule has 1 unspecified atom stereocenters. The van der Waals surface area contributed by atoms with E-state index in [2.05, 4.69) is 19.9 Å². The maximum Gasteiger partial charge on any atom is 0.175 e. The monoisotopic (exact) mass is 531 g/mol. The molecule has 1 saturated heterocycles. The van der Waals surface area contributed by atoms with Gasteiger partial charge < -0.3 is 22.1 Å². The summed E-state index contributed by atoms with van der Waals surface area (Å²) in [4.78, 5) is 16.3. The molecule has 0 bridgehead atoms. The normalized spacial score (nSPS) is 19.2. The van der Waals surface area contributed by atoms with Gasteiger partial charge in [-0.05, 0) is 54.0 Å². The highest BCUT2D eigenvalue weighted by Gasteiger charge is 2.46. The van der Waals surface area contributed by atoms with E-state index in [9.17, 15) is 8.42 Å². The van der Waals surface area contributed by atoms with Gasteiger partial charge in [-0.3, -0.25) is 0 Å². The van der Waals surface area contributed by atoms with Gasteiger partial charge in [0.15, 0.2) is 15.7 Å². The molecule has 3 aromatic rings. The molecule has 6 N–H and O–H groups in total. The number of nitrogen functional groups attached to an aromatic ring is 2. The molecule has 184 valence electrons. The quantitative estimate of drug-likeness (QED) is 0.457. The number of hydrogen-bond donors (Lipinski definition) is 3. The van der Waals surface area contributed by atoms with Crippen molar-refractivity contribution in [2.75, 3.05) is 35.7 Å². The third kappa shape index (κ3) is 4.42. The van der Waals surface area contributed by atoms with E-state index in [1.165, 1.54) is 18.0 Å². The first kappa shape index (κ1) is 24.1. The zero-order chi connectivity index (χ0) is 25.0. The van der Waals surface area contributed by atoms with E-state index in [0.717, 1.165) is 43.5 Å². The van der Waals surface area contributed by atoms with E-state index >= 15 is 0 Å². The number of sulfone groups is 1. The van der Waals surface area contributed by atoms with Crippen LogP contribution >= 0.6 is 23.4 Å². The zero-order valence-corrected chi connectivity index (χ0v) is 21.5. The summed E-state index contributed by atoms with van der Waals surface area (Å²) in [6.45, 7) is 1.52. The van der Waals surface area contributed by atoms with E-state index < -0.39 is 9.84 Å². The van der Waals surface area contributed by atoms with Gasteiger partial charge >= 0.3 is 0 Å². The SMILES string of the molecule is CS(=O)(=O)c1ccc2c(c1)C(N)C1(CCN(c3cnc(Sc4ccnc(N)c4Cl)c(N)n3)CC1)C2. The van der Waals surface area contributed by atoms with Crippen molar-refractivity contribution in [1.82, 2.24) is 15.0 Å². The van der Waals surface area contributed by atoms with Crippen molar-refractivity contribution in [2.45, 2.75) is 40.1 Å². The topological polar surface area (TPSA) is 154 Å². The van der Waals surface area contributed by atoms with Crippen LogP contribution in [-0.4, -0.2) is 42.7 Å². The molecule has 5 rings (SSSR count). The van der Waals surface area contributed by atoms with E-state index in [1.54, 1.807) is 30.6 Å². The van der Waals surface area contributed by atoms with Crippen LogP contribution in [0.15, 0.2) is 51.5 Å². The third-order valence-corrected chi connectivity index (χ3v) is 9.69. The van der Waals surface area contributed by atoms with Crippen LogP contribution in [0.4, 0.5) is 17.5 Å². The van der Waals surface area contributed by atoms with Gasteiger partial charge in [-0.2, -0.15) is 0 Å². The first-order valence-corrected chi connectivity index (χ1v) is 14.2. The summed E-state index contributed by atoms with van der Waals surface area (Å²) >= 11 is 7.53. The smallest absolute Gasteiger partial charge is 0.175 e. The van der Waals surface area contributed by atoms with Gasteiger partial charge in [0.25, 0.3) is 0 Å². The molecule has 1 spiro atoms. The fourth-order valence-electron chi connectivity index (χ4n) is 4.98. The second-order valence-electron chi connectivity index (χ2n) is 9.17. The fourth-order valence-corrected chi connectivity index (χ4v) is 6.65. The second kappa shape index (κ2) is 8.81. The minimum absolute atomic E-state index is 0.0955. The number of anilines is 3. The van der Waals surface area contributed by atoms with Gasteiger partial charge in [0.1, 0.15) is 16.7 Å². The van der Waals surface area contributed by atoms with Crippen molar-refractivity contribution >= 4 is 50.7 Å². The molecule has 0 radical (unpaired) electrons. The Hall–Kier alpha value is -2.60. The lowest BCUT2D eigenvalue weighted by Gasteiger charge is -2.42. The van der Waals surface area contributed by atoms with Gasteiger partial charge in [-0.25, -0.2) is 23.4 Å². The Balaban J connectivity index is 1.30. The molecule has 3 heterocycles. The van der Waals surface area contributed by atoms with Gasteiger partial charge in [0, 0.05) is 36.5 Å². The molecule has 2 aliphatic rings. The van der Waals surface area contributed by atoms with Crippen LogP contribution in [0.2, 0.25) is 5.02 Å². The lowest BCUT2D eigenvalue weighted by Crippen LogP contribution is -2.44. The van der Waals surface area contributed by atoms with Gasteiger partial charge in [0.2, 0.25) is 0 Å². The maximum absolute atomic E-state index is 12.0. The summed E-state index contributed by atoms with van der Waals surface area (Å²) in [6, 6.07) is 6.90. The Labute approximate surface area is 213 Å². The lowest BCUT2D eigenvalue weighted by molar-refractivity contribution is 0.187. The Morgan fingerprint density at radius 2 is 1.89 bits per heavy atom. The van der Waals surface area contributed by atoms with Gasteiger partial charge in [-0.1, -0.05) is 29.4 Å². The predicted octanol–water partition coefficient (Wildman–Crippen LogP) is 3.09. The lowest BCUT2D eigenvalue weighted by atomic mass is 9.73. The number of halogens is 1. The first-order chi connectivity index (χ1) is 16.6. The molecule has 12 heteroatoms. The average molecular weight is 532 g/mol. The van der Waals surface area contributed by atoms with Crippen LogP contribution in [0.25, 0.3) is 0 Å². The van der Waals surface area contributed by atoms with Crippen LogP contribution in [0.3, 0.4) is 0 Å². The van der Waals surface area contributed by atoms with Crippen LogP contribution in [0.5, 0.6) is 0 Å². The summed E-state index contributed by atoms with van der Waals surface area (Å²) in [6.07, 6.45) is 7.10. The molecule has 1 aromatic carbocycles. The van der Waals surface area contributed by atoms with Crippen molar-refractivity contribution in [2.24, 2.45) is 11.1 Å². The van der Waals surface area contributed by atoms with Crippen LogP contribution in [0.1, 0.15) is 30.0 Å². The number of fused-ring (bicyclic) bond motifs is 1. The minimum atomic E-state index is -3.28. The van der Waals surface area contributed by atoms with E-state index in [4.69, 9.17) is 28.8 Å². The van der Waals surface area contributed by atoms with Crippen LogP contribution < -0.4 is 22.1 Å². The number of benzene rings is 1. The summed E-state index contributed by atoms with van der Waals surface area (Å²) in [5, 5.41) is 0.909. The third-order valence-electron chi connectivity index (χ3n) is 7.00. The summed E-state index contributed by atoms with van der Waals surface area (Å²) < 4.78 is 24.0. The Kier molecular flexibility index (Phi) is 6.07. The maximum atomic E-state index is 12.0. The standard InChI is InChI=1S/C23H26ClN7O2S2/c1-35(32,33)14-3-2-13-11-23(19(25)15(13)10-14)5-8-31(9-6-23)17-12-29-22(21(27)30-17)34-16-4-7-28-20(26)18(16)24/h2-4,7,10,12,19H,5-6,8-9,11,25H2,1H3,(H2,26,28)(H2,27,30).